The highest BCUT2D eigenvalue weighted by molar-refractivity contribution is 5.96. The predicted molar refractivity (Wildman–Crippen MR) is 97.7 cm³/mol. The zero-order chi connectivity index (χ0) is 18.9. The molecule has 0 aromatic heterocycles. The minimum atomic E-state index is -0.293. The number of amides is 3. The number of ether oxygens (including phenoxy) is 1. The largest absolute Gasteiger partial charge is 0.449 e. The summed E-state index contributed by atoms with van der Waals surface area (Å²) in [4.78, 5) is 37.5. The van der Waals surface area contributed by atoms with Gasteiger partial charge in [-0.05, 0) is 30.9 Å². The maximum atomic E-state index is 12.0. The van der Waals surface area contributed by atoms with Crippen molar-refractivity contribution in [3.05, 3.63) is 35.9 Å². The number of benzene rings is 1. The molecule has 0 bridgehead atoms. The van der Waals surface area contributed by atoms with Gasteiger partial charge in [-0.3, -0.25) is 9.59 Å². The molecule has 0 saturated carbocycles. The van der Waals surface area contributed by atoms with Gasteiger partial charge in [0.1, 0.15) is 0 Å². The summed E-state index contributed by atoms with van der Waals surface area (Å²) in [6.07, 6.45) is 1.06. The molecule has 3 amide bonds. The summed E-state index contributed by atoms with van der Waals surface area (Å²) >= 11 is 0. The van der Waals surface area contributed by atoms with E-state index in [0.29, 0.717) is 44.0 Å². The molecule has 1 fully saturated rings. The first-order valence-corrected chi connectivity index (χ1v) is 9.00. The van der Waals surface area contributed by atoms with Crippen molar-refractivity contribution in [1.82, 2.24) is 15.5 Å². The molecule has 1 saturated heterocycles. The van der Waals surface area contributed by atoms with Gasteiger partial charge in [-0.1, -0.05) is 32.0 Å². The van der Waals surface area contributed by atoms with E-state index in [1.165, 1.54) is 0 Å². The number of piperidine rings is 1. The van der Waals surface area contributed by atoms with Gasteiger partial charge in [-0.15, -0.1) is 0 Å². The molecule has 0 unspecified atom stereocenters. The van der Waals surface area contributed by atoms with Crippen LogP contribution in [-0.2, 0) is 9.53 Å². The monoisotopic (exact) mass is 361 g/mol. The quantitative estimate of drug-likeness (QED) is 0.809. The standard InChI is InChI=1S/C19H27N3O4/c1-14(2)13-26-19(25)22-10-8-16(9-11-22)21-17(23)12-20-18(24)15-6-4-3-5-7-15/h3-7,14,16H,8-13H2,1-2H3,(H,20,24)(H,21,23). The molecule has 0 radical (unpaired) electrons. The van der Waals surface area contributed by atoms with Crippen LogP contribution in [0.5, 0.6) is 0 Å². The molecule has 1 aliphatic rings. The van der Waals surface area contributed by atoms with E-state index < -0.39 is 0 Å². The first-order chi connectivity index (χ1) is 12.5. The molecule has 7 nitrogen and oxygen atoms in total. The lowest BCUT2D eigenvalue weighted by molar-refractivity contribution is -0.121. The molecular formula is C19H27N3O4. The maximum absolute atomic E-state index is 12.0. The van der Waals surface area contributed by atoms with Gasteiger partial charge in [0.25, 0.3) is 5.91 Å². The van der Waals surface area contributed by atoms with E-state index in [1.807, 2.05) is 19.9 Å². The highest BCUT2D eigenvalue weighted by atomic mass is 16.6. The van der Waals surface area contributed by atoms with E-state index >= 15 is 0 Å². The molecule has 2 N–H and O–H groups in total. The number of nitrogens with zero attached hydrogens (tertiary/aromatic N) is 1. The first kappa shape index (κ1) is 19.8. The van der Waals surface area contributed by atoms with Crippen LogP contribution in [0.2, 0.25) is 0 Å². The van der Waals surface area contributed by atoms with Crippen LogP contribution in [-0.4, -0.2) is 55.1 Å². The van der Waals surface area contributed by atoms with Crippen LogP contribution in [0.1, 0.15) is 37.0 Å². The third kappa shape index (κ3) is 6.38. The van der Waals surface area contributed by atoms with Crippen molar-refractivity contribution in [3.8, 4) is 0 Å². The number of carbonyl (C=O) groups is 3. The van der Waals surface area contributed by atoms with E-state index in [9.17, 15) is 14.4 Å². The van der Waals surface area contributed by atoms with Crippen molar-refractivity contribution in [2.45, 2.75) is 32.7 Å². The van der Waals surface area contributed by atoms with Crippen LogP contribution in [0, 0.1) is 5.92 Å². The van der Waals surface area contributed by atoms with Crippen molar-refractivity contribution >= 4 is 17.9 Å². The van der Waals surface area contributed by atoms with E-state index in [-0.39, 0.29) is 30.5 Å². The second-order valence-corrected chi connectivity index (χ2v) is 6.85. The highest BCUT2D eigenvalue weighted by Gasteiger charge is 2.24. The van der Waals surface area contributed by atoms with Gasteiger partial charge in [0, 0.05) is 24.7 Å². The lowest BCUT2D eigenvalue weighted by atomic mass is 10.1. The fourth-order valence-corrected chi connectivity index (χ4v) is 2.67. The normalized spacial score (nSPS) is 14.8. The Hall–Kier alpha value is -2.57. The van der Waals surface area contributed by atoms with Crippen molar-refractivity contribution in [2.24, 2.45) is 5.92 Å². The van der Waals surface area contributed by atoms with Crippen LogP contribution in [0.3, 0.4) is 0 Å². The smallest absolute Gasteiger partial charge is 0.409 e. The molecule has 0 aliphatic carbocycles. The number of rotatable bonds is 6. The zero-order valence-corrected chi connectivity index (χ0v) is 15.4. The fourth-order valence-electron chi connectivity index (χ4n) is 2.67. The summed E-state index contributed by atoms with van der Waals surface area (Å²) in [5.74, 6) is -0.194. The summed E-state index contributed by atoms with van der Waals surface area (Å²) in [6, 6.07) is 8.77. The average Bonchev–Trinajstić information content (AvgIpc) is 2.65. The minimum absolute atomic E-state index is 0.00489. The third-order valence-electron chi connectivity index (χ3n) is 4.10. The Labute approximate surface area is 154 Å². The summed E-state index contributed by atoms with van der Waals surface area (Å²) in [5, 5.41) is 5.51. The SMILES string of the molecule is CC(C)COC(=O)N1CCC(NC(=O)CNC(=O)c2ccccc2)CC1. The van der Waals surface area contributed by atoms with Gasteiger partial charge in [0.05, 0.1) is 13.2 Å². The molecule has 142 valence electrons. The summed E-state index contributed by atoms with van der Waals surface area (Å²) in [7, 11) is 0. The number of likely N-dealkylation sites (tertiary alicyclic amines) is 1. The summed E-state index contributed by atoms with van der Waals surface area (Å²) in [6.45, 7) is 5.44. The molecular weight excluding hydrogens is 334 g/mol. The Bertz CT molecular complexity index is 610. The fraction of sp³-hybridized carbons (Fsp3) is 0.526. The minimum Gasteiger partial charge on any atom is -0.449 e. The Morgan fingerprint density at radius 3 is 2.42 bits per heavy atom. The first-order valence-electron chi connectivity index (χ1n) is 9.00. The van der Waals surface area contributed by atoms with Gasteiger partial charge < -0.3 is 20.3 Å². The Morgan fingerprint density at radius 2 is 1.81 bits per heavy atom. The number of hydrogen-bond donors (Lipinski definition) is 2. The van der Waals surface area contributed by atoms with Crippen LogP contribution in [0.25, 0.3) is 0 Å². The molecule has 0 spiro atoms. The highest BCUT2D eigenvalue weighted by Crippen LogP contribution is 2.12. The lowest BCUT2D eigenvalue weighted by Crippen LogP contribution is -2.48. The van der Waals surface area contributed by atoms with Gasteiger partial charge in [0.2, 0.25) is 5.91 Å². The van der Waals surface area contributed by atoms with E-state index in [0.717, 1.165) is 0 Å². The van der Waals surface area contributed by atoms with Gasteiger partial charge in [0.15, 0.2) is 0 Å². The average molecular weight is 361 g/mol. The maximum Gasteiger partial charge on any atom is 0.409 e. The Morgan fingerprint density at radius 1 is 1.15 bits per heavy atom. The lowest BCUT2D eigenvalue weighted by Gasteiger charge is -2.31. The van der Waals surface area contributed by atoms with Crippen molar-refractivity contribution < 1.29 is 19.1 Å². The van der Waals surface area contributed by atoms with Crippen molar-refractivity contribution in [1.29, 1.82) is 0 Å². The van der Waals surface area contributed by atoms with Crippen molar-refractivity contribution in [2.75, 3.05) is 26.2 Å². The summed E-state index contributed by atoms with van der Waals surface area (Å²) < 4.78 is 5.22. The second kappa shape index (κ2) is 9.79. The van der Waals surface area contributed by atoms with Gasteiger partial charge >= 0.3 is 6.09 Å². The molecule has 0 atom stereocenters. The van der Waals surface area contributed by atoms with E-state index in [2.05, 4.69) is 10.6 Å². The van der Waals surface area contributed by atoms with Crippen LogP contribution < -0.4 is 10.6 Å². The number of nitrogens with one attached hydrogen (secondary N) is 2. The molecule has 1 aliphatic heterocycles. The second-order valence-electron chi connectivity index (χ2n) is 6.85. The topological polar surface area (TPSA) is 87.7 Å². The molecule has 2 rings (SSSR count). The zero-order valence-electron chi connectivity index (χ0n) is 15.4. The number of hydrogen-bond acceptors (Lipinski definition) is 4. The van der Waals surface area contributed by atoms with Gasteiger partial charge in [-0.25, -0.2) is 4.79 Å². The third-order valence-corrected chi connectivity index (χ3v) is 4.10. The van der Waals surface area contributed by atoms with E-state index in [1.54, 1.807) is 29.2 Å². The molecule has 7 heteroatoms. The van der Waals surface area contributed by atoms with E-state index in [4.69, 9.17) is 4.74 Å². The summed E-state index contributed by atoms with van der Waals surface area (Å²) in [5.41, 5.74) is 0.522. The number of carbonyl (C=O) groups excluding carboxylic acids is 3. The molecule has 1 aromatic rings. The van der Waals surface area contributed by atoms with Crippen molar-refractivity contribution in [3.63, 3.8) is 0 Å². The van der Waals surface area contributed by atoms with Crippen LogP contribution in [0.15, 0.2) is 30.3 Å². The van der Waals surface area contributed by atoms with Crippen LogP contribution >= 0.6 is 0 Å². The Balaban J connectivity index is 1.66. The van der Waals surface area contributed by atoms with Gasteiger partial charge in [-0.2, -0.15) is 0 Å². The molecule has 1 aromatic carbocycles. The predicted octanol–water partition coefficient (Wildman–Crippen LogP) is 1.79. The van der Waals surface area contributed by atoms with Crippen LogP contribution in [0.4, 0.5) is 4.79 Å². The Kier molecular flexibility index (Phi) is 7.44. The molecule has 1 heterocycles. The molecule has 26 heavy (non-hydrogen) atoms.